The normalized spacial score (nSPS) is 16.0. The van der Waals surface area contributed by atoms with Crippen LogP contribution >= 0.6 is 0 Å². The van der Waals surface area contributed by atoms with Gasteiger partial charge in [0.1, 0.15) is 11.5 Å². The average Bonchev–Trinajstić information content (AvgIpc) is 3.32. The predicted octanol–water partition coefficient (Wildman–Crippen LogP) is 2.83. The van der Waals surface area contributed by atoms with E-state index in [0.29, 0.717) is 6.54 Å². The first-order valence-electron chi connectivity index (χ1n) is 7.89. The van der Waals surface area contributed by atoms with Crippen molar-refractivity contribution in [3.63, 3.8) is 0 Å². The van der Waals surface area contributed by atoms with Gasteiger partial charge in [0, 0.05) is 18.7 Å². The van der Waals surface area contributed by atoms with Crippen molar-refractivity contribution >= 4 is 0 Å². The summed E-state index contributed by atoms with van der Waals surface area (Å²) in [7, 11) is 3.40. The largest absolute Gasteiger partial charge is 0.497 e. The molecule has 118 valence electrons. The van der Waals surface area contributed by atoms with Crippen LogP contribution in [0.2, 0.25) is 0 Å². The molecule has 4 nitrogen and oxygen atoms in total. The number of rotatable bonds is 9. The SMILES string of the molecule is CCCN(CC1CC1)C(CN)c1cc(OC)ccc1OC. The summed E-state index contributed by atoms with van der Waals surface area (Å²) in [6.07, 6.45) is 3.84. The standard InChI is InChI=1S/C17H28N2O2/c1-4-9-19(12-13-5-6-13)16(11-18)15-10-14(20-2)7-8-17(15)21-3/h7-8,10,13,16H,4-6,9,11-12,18H2,1-3H3. The first-order valence-corrected chi connectivity index (χ1v) is 7.89. The van der Waals surface area contributed by atoms with Crippen LogP contribution in [0.5, 0.6) is 11.5 Å². The van der Waals surface area contributed by atoms with Gasteiger partial charge in [-0.3, -0.25) is 4.90 Å². The van der Waals surface area contributed by atoms with E-state index in [0.717, 1.165) is 42.5 Å². The molecule has 0 aliphatic heterocycles. The molecular formula is C17H28N2O2. The summed E-state index contributed by atoms with van der Waals surface area (Å²) in [6, 6.07) is 6.15. The van der Waals surface area contributed by atoms with Gasteiger partial charge in [-0.2, -0.15) is 0 Å². The van der Waals surface area contributed by atoms with E-state index in [1.54, 1.807) is 14.2 Å². The first kappa shape index (κ1) is 16.1. The van der Waals surface area contributed by atoms with E-state index in [9.17, 15) is 0 Å². The van der Waals surface area contributed by atoms with Crippen molar-refractivity contribution in [2.24, 2.45) is 11.7 Å². The minimum Gasteiger partial charge on any atom is -0.497 e. The van der Waals surface area contributed by atoms with Crippen molar-refractivity contribution in [3.8, 4) is 11.5 Å². The molecule has 1 unspecified atom stereocenters. The second-order valence-corrected chi connectivity index (χ2v) is 5.80. The monoisotopic (exact) mass is 292 g/mol. The lowest BCUT2D eigenvalue weighted by Gasteiger charge is -2.32. The predicted molar refractivity (Wildman–Crippen MR) is 85.9 cm³/mol. The maximum Gasteiger partial charge on any atom is 0.123 e. The third-order valence-corrected chi connectivity index (χ3v) is 4.16. The summed E-state index contributed by atoms with van der Waals surface area (Å²) in [5.74, 6) is 2.59. The zero-order valence-corrected chi connectivity index (χ0v) is 13.5. The fourth-order valence-electron chi connectivity index (χ4n) is 2.87. The van der Waals surface area contributed by atoms with Crippen LogP contribution in [-0.2, 0) is 0 Å². The Kier molecular flexibility index (Phi) is 5.88. The van der Waals surface area contributed by atoms with Gasteiger partial charge in [-0.05, 0) is 49.9 Å². The van der Waals surface area contributed by atoms with Gasteiger partial charge >= 0.3 is 0 Å². The van der Waals surface area contributed by atoms with Gasteiger partial charge in [-0.15, -0.1) is 0 Å². The van der Waals surface area contributed by atoms with Gasteiger partial charge < -0.3 is 15.2 Å². The number of hydrogen-bond donors (Lipinski definition) is 1. The Labute approximate surface area is 128 Å². The van der Waals surface area contributed by atoms with Gasteiger partial charge in [0.2, 0.25) is 0 Å². The fraction of sp³-hybridized carbons (Fsp3) is 0.647. The minimum absolute atomic E-state index is 0.190. The van der Waals surface area contributed by atoms with E-state index in [1.807, 2.05) is 12.1 Å². The molecule has 0 aromatic heterocycles. The molecule has 4 heteroatoms. The van der Waals surface area contributed by atoms with E-state index in [1.165, 1.54) is 12.8 Å². The Morgan fingerprint density at radius 1 is 1.29 bits per heavy atom. The van der Waals surface area contributed by atoms with Crippen LogP contribution in [0.3, 0.4) is 0 Å². The molecule has 1 atom stereocenters. The van der Waals surface area contributed by atoms with Gasteiger partial charge in [-0.25, -0.2) is 0 Å². The zero-order valence-electron chi connectivity index (χ0n) is 13.5. The van der Waals surface area contributed by atoms with Crippen molar-refractivity contribution in [1.29, 1.82) is 0 Å². The molecule has 1 aromatic carbocycles. The third-order valence-electron chi connectivity index (χ3n) is 4.16. The van der Waals surface area contributed by atoms with E-state index >= 15 is 0 Å². The van der Waals surface area contributed by atoms with Crippen molar-refractivity contribution in [2.75, 3.05) is 33.9 Å². The minimum atomic E-state index is 0.190. The lowest BCUT2D eigenvalue weighted by Crippen LogP contribution is -2.36. The highest BCUT2D eigenvalue weighted by atomic mass is 16.5. The number of ether oxygens (including phenoxy) is 2. The highest BCUT2D eigenvalue weighted by Crippen LogP contribution is 2.36. The topological polar surface area (TPSA) is 47.7 Å². The number of hydrogen-bond acceptors (Lipinski definition) is 4. The Morgan fingerprint density at radius 3 is 2.57 bits per heavy atom. The molecule has 0 heterocycles. The maximum absolute atomic E-state index is 6.11. The second-order valence-electron chi connectivity index (χ2n) is 5.80. The molecular weight excluding hydrogens is 264 g/mol. The molecule has 0 spiro atoms. The van der Waals surface area contributed by atoms with Gasteiger partial charge in [-0.1, -0.05) is 6.92 Å². The molecule has 1 fully saturated rings. The molecule has 1 aromatic rings. The summed E-state index contributed by atoms with van der Waals surface area (Å²) in [5, 5.41) is 0. The molecule has 0 amide bonds. The van der Waals surface area contributed by atoms with E-state index in [2.05, 4.69) is 17.9 Å². The van der Waals surface area contributed by atoms with Crippen molar-refractivity contribution in [1.82, 2.24) is 4.90 Å². The van der Waals surface area contributed by atoms with Crippen LogP contribution in [0, 0.1) is 5.92 Å². The van der Waals surface area contributed by atoms with Crippen molar-refractivity contribution in [3.05, 3.63) is 23.8 Å². The Hall–Kier alpha value is -1.26. The first-order chi connectivity index (χ1) is 10.2. The quantitative estimate of drug-likeness (QED) is 0.760. The van der Waals surface area contributed by atoms with Crippen LogP contribution in [-0.4, -0.2) is 38.8 Å². The molecule has 2 N–H and O–H groups in total. The molecule has 21 heavy (non-hydrogen) atoms. The summed E-state index contributed by atoms with van der Waals surface area (Å²) < 4.78 is 10.9. The van der Waals surface area contributed by atoms with E-state index < -0.39 is 0 Å². The number of benzene rings is 1. The van der Waals surface area contributed by atoms with Gasteiger partial charge in [0.15, 0.2) is 0 Å². The Balaban J connectivity index is 2.27. The molecule has 0 radical (unpaired) electrons. The molecule has 1 saturated carbocycles. The molecule has 0 saturated heterocycles. The lowest BCUT2D eigenvalue weighted by atomic mass is 10.0. The number of nitrogens with two attached hydrogens (primary N) is 1. The van der Waals surface area contributed by atoms with E-state index in [4.69, 9.17) is 15.2 Å². The van der Waals surface area contributed by atoms with Crippen molar-refractivity contribution in [2.45, 2.75) is 32.2 Å². The highest BCUT2D eigenvalue weighted by Gasteiger charge is 2.29. The van der Waals surface area contributed by atoms with Crippen LogP contribution in [0.1, 0.15) is 37.8 Å². The second kappa shape index (κ2) is 7.66. The summed E-state index contributed by atoms with van der Waals surface area (Å²) in [6.45, 7) is 5.02. The molecule has 1 aliphatic rings. The van der Waals surface area contributed by atoms with Crippen LogP contribution in [0.15, 0.2) is 18.2 Å². The van der Waals surface area contributed by atoms with Gasteiger partial charge in [0.05, 0.1) is 20.3 Å². The fourth-order valence-corrected chi connectivity index (χ4v) is 2.87. The number of nitrogens with zero attached hydrogens (tertiary/aromatic N) is 1. The Bertz CT molecular complexity index is 446. The van der Waals surface area contributed by atoms with Gasteiger partial charge in [0.25, 0.3) is 0 Å². The molecule has 2 rings (SSSR count). The van der Waals surface area contributed by atoms with Crippen LogP contribution in [0.4, 0.5) is 0 Å². The smallest absolute Gasteiger partial charge is 0.123 e. The van der Waals surface area contributed by atoms with Crippen molar-refractivity contribution < 1.29 is 9.47 Å². The highest BCUT2D eigenvalue weighted by molar-refractivity contribution is 5.42. The zero-order chi connectivity index (χ0) is 15.2. The molecule has 0 bridgehead atoms. The maximum atomic E-state index is 6.11. The summed E-state index contributed by atoms with van der Waals surface area (Å²) in [5.41, 5.74) is 7.24. The summed E-state index contributed by atoms with van der Waals surface area (Å²) >= 11 is 0. The average molecular weight is 292 g/mol. The summed E-state index contributed by atoms with van der Waals surface area (Å²) in [4.78, 5) is 2.51. The lowest BCUT2D eigenvalue weighted by molar-refractivity contribution is 0.189. The molecule has 1 aliphatic carbocycles. The Morgan fingerprint density at radius 2 is 2.05 bits per heavy atom. The van der Waals surface area contributed by atoms with Crippen LogP contribution in [0.25, 0.3) is 0 Å². The number of methoxy groups -OCH3 is 2. The van der Waals surface area contributed by atoms with E-state index in [-0.39, 0.29) is 6.04 Å². The third kappa shape index (κ3) is 4.11. The van der Waals surface area contributed by atoms with Crippen LogP contribution < -0.4 is 15.2 Å².